The van der Waals surface area contributed by atoms with Crippen molar-refractivity contribution in [1.82, 2.24) is 16.0 Å². The number of furan rings is 1. The topological polar surface area (TPSA) is 78.7 Å². The van der Waals surface area contributed by atoms with Crippen LogP contribution in [-0.4, -0.2) is 38.0 Å². The normalized spacial score (nSPS) is 9.67. The molecule has 0 saturated carbocycles. The lowest BCUT2D eigenvalue weighted by Crippen LogP contribution is -2.37. The zero-order chi connectivity index (χ0) is 13.2. The fourth-order valence-corrected chi connectivity index (χ4v) is 1.34. The molecule has 6 nitrogen and oxygen atoms in total. The van der Waals surface area contributed by atoms with Crippen LogP contribution in [0.4, 0.5) is 0 Å². The summed E-state index contributed by atoms with van der Waals surface area (Å²) in [6.45, 7) is 6.62. The number of carbonyl (C=O) groups is 1. The Morgan fingerprint density at radius 1 is 1.28 bits per heavy atom. The number of hydrogen-bond donors (Lipinski definition) is 3. The lowest BCUT2D eigenvalue weighted by Gasteiger charge is -2.09. The van der Waals surface area contributed by atoms with Gasteiger partial charge in [0.15, 0.2) is 11.7 Å². The fraction of sp³-hybridized carbons (Fsp3) is 0.500. The molecule has 0 aliphatic carbocycles. The van der Waals surface area contributed by atoms with Crippen LogP contribution in [0.25, 0.3) is 0 Å². The minimum atomic E-state index is -0.219. The molecule has 1 amide bonds. The number of hydrogen-bond acceptors (Lipinski definition) is 3. The maximum Gasteiger partial charge on any atom is 0.287 e. The van der Waals surface area contributed by atoms with Crippen molar-refractivity contribution in [3.8, 4) is 0 Å². The minimum Gasteiger partial charge on any atom is -0.459 e. The summed E-state index contributed by atoms with van der Waals surface area (Å²) in [5.74, 6) is 0.855. The van der Waals surface area contributed by atoms with E-state index in [-0.39, 0.29) is 5.91 Å². The molecule has 0 aromatic carbocycles. The van der Waals surface area contributed by atoms with Gasteiger partial charge in [0, 0.05) is 19.6 Å². The van der Waals surface area contributed by atoms with E-state index in [9.17, 15) is 4.79 Å². The highest BCUT2D eigenvalue weighted by Gasteiger charge is 2.06. The molecule has 0 unspecified atom stereocenters. The van der Waals surface area contributed by atoms with Crippen molar-refractivity contribution < 1.29 is 9.21 Å². The van der Waals surface area contributed by atoms with Crippen LogP contribution in [0.2, 0.25) is 0 Å². The Morgan fingerprint density at radius 2 is 2.00 bits per heavy atom. The average Bonchev–Trinajstić information content (AvgIpc) is 2.88. The molecule has 0 fully saturated rings. The second kappa shape index (κ2) is 8.16. The van der Waals surface area contributed by atoms with Crippen molar-refractivity contribution in [3.05, 3.63) is 24.2 Å². The van der Waals surface area contributed by atoms with Crippen LogP contribution in [-0.2, 0) is 0 Å². The predicted molar refractivity (Wildman–Crippen MR) is 70.7 cm³/mol. The lowest BCUT2D eigenvalue weighted by atomic mass is 10.4. The molecule has 3 N–H and O–H groups in total. The second-order valence-corrected chi connectivity index (χ2v) is 3.52. The van der Waals surface area contributed by atoms with E-state index >= 15 is 0 Å². The zero-order valence-corrected chi connectivity index (χ0v) is 10.8. The summed E-state index contributed by atoms with van der Waals surface area (Å²) in [6.07, 6.45) is 1.47. The standard InChI is InChI=1S/C12H20N4O2/c1-3-13-12(14-4-2)16-8-7-15-11(17)10-6-5-9-18-10/h5-6,9H,3-4,7-8H2,1-2H3,(H,15,17)(H2,13,14,16). The molecule has 6 heteroatoms. The molecule has 1 aromatic heterocycles. The van der Waals surface area contributed by atoms with Gasteiger partial charge in [0.1, 0.15) is 0 Å². The van der Waals surface area contributed by atoms with Gasteiger partial charge in [-0.05, 0) is 26.0 Å². The molecule has 0 bridgehead atoms. The van der Waals surface area contributed by atoms with Gasteiger partial charge < -0.3 is 20.4 Å². The van der Waals surface area contributed by atoms with Gasteiger partial charge in [-0.15, -0.1) is 0 Å². The molecule has 0 radical (unpaired) electrons. The minimum absolute atomic E-state index is 0.219. The number of nitrogens with zero attached hydrogens (tertiary/aromatic N) is 1. The summed E-state index contributed by atoms with van der Waals surface area (Å²) in [5.41, 5.74) is 0. The Balaban J connectivity index is 2.28. The van der Waals surface area contributed by atoms with Crippen LogP contribution in [0.5, 0.6) is 0 Å². The smallest absolute Gasteiger partial charge is 0.287 e. The lowest BCUT2D eigenvalue weighted by molar-refractivity contribution is 0.0927. The van der Waals surface area contributed by atoms with Gasteiger partial charge in [-0.3, -0.25) is 9.79 Å². The molecule has 18 heavy (non-hydrogen) atoms. The van der Waals surface area contributed by atoms with Crippen LogP contribution in [0.3, 0.4) is 0 Å². The first kappa shape index (κ1) is 14.1. The quantitative estimate of drug-likeness (QED) is 0.393. The van der Waals surface area contributed by atoms with Crippen molar-refractivity contribution >= 4 is 11.9 Å². The van der Waals surface area contributed by atoms with Crippen LogP contribution < -0.4 is 16.0 Å². The van der Waals surface area contributed by atoms with E-state index < -0.39 is 0 Å². The summed E-state index contributed by atoms with van der Waals surface area (Å²) in [6, 6.07) is 3.31. The monoisotopic (exact) mass is 252 g/mol. The Kier molecular flexibility index (Phi) is 6.38. The van der Waals surface area contributed by atoms with E-state index in [0.717, 1.165) is 19.0 Å². The van der Waals surface area contributed by atoms with Gasteiger partial charge in [-0.2, -0.15) is 0 Å². The first-order valence-corrected chi connectivity index (χ1v) is 6.11. The molecular formula is C12H20N4O2. The third-order valence-corrected chi connectivity index (χ3v) is 2.10. The van der Waals surface area contributed by atoms with Crippen LogP contribution >= 0.6 is 0 Å². The summed E-state index contributed by atoms with van der Waals surface area (Å²) in [5, 5.41) is 8.94. The Bertz CT molecular complexity index is 365. The molecule has 1 heterocycles. The third kappa shape index (κ3) is 4.90. The van der Waals surface area contributed by atoms with Gasteiger partial charge in [0.2, 0.25) is 0 Å². The summed E-state index contributed by atoms with van der Waals surface area (Å²) in [4.78, 5) is 15.8. The highest BCUT2D eigenvalue weighted by atomic mass is 16.3. The Morgan fingerprint density at radius 3 is 2.56 bits per heavy atom. The molecule has 100 valence electrons. The highest BCUT2D eigenvalue weighted by molar-refractivity contribution is 5.91. The molecule has 0 spiro atoms. The molecule has 0 saturated heterocycles. The number of rotatable bonds is 6. The van der Waals surface area contributed by atoms with Gasteiger partial charge in [0.05, 0.1) is 12.8 Å². The molecular weight excluding hydrogens is 232 g/mol. The maximum atomic E-state index is 11.5. The number of nitrogens with one attached hydrogen (secondary N) is 3. The van der Waals surface area contributed by atoms with E-state index in [0.29, 0.717) is 18.8 Å². The number of guanidine groups is 1. The number of aliphatic imine (C=N–C) groups is 1. The first-order chi connectivity index (χ1) is 8.77. The van der Waals surface area contributed by atoms with Gasteiger partial charge in [0.25, 0.3) is 5.91 Å². The van der Waals surface area contributed by atoms with Crippen LogP contribution in [0.1, 0.15) is 24.4 Å². The van der Waals surface area contributed by atoms with E-state index in [2.05, 4.69) is 20.9 Å². The van der Waals surface area contributed by atoms with Gasteiger partial charge in [-0.25, -0.2) is 0 Å². The first-order valence-electron chi connectivity index (χ1n) is 6.11. The summed E-state index contributed by atoms with van der Waals surface area (Å²) in [7, 11) is 0. The maximum absolute atomic E-state index is 11.5. The van der Waals surface area contributed by atoms with E-state index in [4.69, 9.17) is 4.42 Å². The summed E-state index contributed by atoms with van der Waals surface area (Å²) >= 11 is 0. The highest BCUT2D eigenvalue weighted by Crippen LogP contribution is 1.98. The van der Waals surface area contributed by atoms with Crippen molar-refractivity contribution in [2.45, 2.75) is 13.8 Å². The fourth-order valence-electron chi connectivity index (χ4n) is 1.34. The molecule has 0 atom stereocenters. The number of amides is 1. The number of carbonyl (C=O) groups excluding carboxylic acids is 1. The van der Waals surface area contributed by atoms with Crippen molar-refractivity contribution in [2.75, 3.05) is 26.2 Å². The van der Waals surface area contributed by atoms with E-state index in [1.807, 2.05) is 13.8 Å². The van der Waals surface area contributed by atoms with Crippen molar-refractivity contribution in [3.63, 3.8) is 0 Å². The molecule has 0 aliphatic rings. The molecule has 1 aromatic rings. The largest absolute Gasteiger partial charge is 0.459 e. The van der Waals surface area contributed by atoms with Gasteiger partial charge in [-0.1, -0.05) is 0 Å². The third-order valence-electron chi connectivity index (χ3n) is 2.10. The van der Waals surface area contributed by atoms with Gasteiger partial charge >= 0.3 is 0 Å². The van der Waals surface area contributed by atoms with E-state index in [1.54, 1.807) is 12.1 Å². The molecule has 0 aliphatic heterocycles. The van der Waals surface area contributed by atoms with Crippen LogP contribution in [0, 0.1) is 0 Å². The Labute approximate surface area is 107 Å². The van der Waals surface area contributed by atoms with Crippen molar-refractivity contribution in [1.29, 1.82) is 0 Å². The van der Waals surface area contributed by atoms with E-state index in [1.165, 1.54) is 6.26 Å². The van der Waals surface area contributed by atoms with Crippen molar-refractivity contribution in [2.24, 2.45) is 4.99 Å². The Hall–Kier alpha value is -1.98. The average molecular weight is 252 g/mol. The SMILES string of the molecule is CCNC(=NCCNC(=O)c1ccco1)NCC. The summed E-state index contributed by atoms with van der Waals surface area (Å²) < 4.78 is 4.98. The van der Waals surface area contributed by atoms with Crippen LogP contribution in [0.15, 0.2) is 27.8 Å². The zero-order valence-electron chi connectivity index (χ0n) is 10.8. The predicted octanol–water partition coefficient (Wildman–Crippen LogP) is 0.584. The second-order valence-electron chi connectivity index (χ2n) is 3.52. The molecule has 1 rings (SSSR count).